The van der Waals surface area contributed by atoms with Crippen LogP contribution in [0.15, 0.2) is 36.5 Å². The van der Waals surface area contributed by atoms with E-state index < -0.39 is 86.8 Å². The molecule has 0 aromatic heterocycles. The lowest BCUT2D eigenvalue weighted by atomic mass is 9.97. The van der Waals surface area contributed by atoms with Gasteiger partial charge in [-0.1, -0.05) is 243 Å². The van der Waals surface area contributed by atoms with Crippen LogP contribution in [0.2, 0.25) is 0 Å². The zero-order valence-electron chi connectivity index (χ0n) is 48.0. The number of hydrogen-bond donors (Lipinski definition) is 9. The second-order valence-corrected chi connectivity index (χ2v) is 22.2. The summed E-state index contributed by atoms with van der Waals surface area (Å²) in [6.07, 6.45) is 42.0. The molecule has 2 fully saturated rings. The molecule has 1 amide bonds. The van der Waals surface area contributed by atoms with Crippen molar-refractivity contribution in [2.45, 2.75) is 331 Å². The Hall–Kier alpha value is -1.79. The highest BCUT2D eigenvalue weighted by Gasteiger charge is 2.51. The maximum absolute atomic E-state index is 13.3. The number of rotatable bonds is 50. The van der Waals surface area contributed by atoms with Crippen molar-refractivity contribution in [1.82, 2.24) is 5.32 Å². The molecular formula is C62H115NO13. The number of unbranched alkanes of at least 4 members (excludes halogenated alkanes) is 33. The number of aliphatic hydroxyl groups excluding tert-OH is 8. The molecule has 0 saturated carbocycles. The third-order valence-electron chi connectivity index (χ3n) is 15.3. The maximum atomic E-state index is 13.3. The molecule has 9 N–H and O–H groups in total. The molecule has 2 aliphatic rings. The molecule has 2 saturated heterocycles. The van der Waals surface area contributed by atoms with Crippen LogP contribution in [0.1, 0.15) is 258 Å². The van der Waals surface area contributed by atoms with Gasteiger partial charge in [0, 0.05) is 6.42 Å². The maximum Gasteiger partial charge on any atom is 0.220 e. The lowest BCUT2D eigenvalue weighted by Gasteiger charge is -2.46. The average Bonchev–Trinajstić information content (AvgIpc) is 3.42. The largest absolute Gasteiger partial charge is 0.394 e. The third-order valence-corrected chi connectivity index (χ3v) is 15.3. The molecule has 76 heavy (non-hydrogen) atoms. The van der Waals surface area contributed by atoms with Crippen molar-refractivity contribution < 1.29 is 64.6 Å². The molecule has 0 spiro atoms. The highest BCUT2D eigenvalue weighted by atomic mass is 16.7. The molecule has 0 aromatic carbocycles. The minimum atomic E-state index is -1.79. The minimum Gasteiger partial charge on any atom is -0.394 e. The predicted octanol–water partition coefficient (Wildman–Crippen LogP) is 11.0. The molecule has 2 aliphatic heterocycles. The molecular weight excluding hydrogens is 967 g/mol. The molecule has 0 aromatic rings. The van der Waals surface area contributed by atoms with E-state index >= 15 is 0 Å². The number of hydrogen-bond acceptors (Lipinski definition) is 13. The van der Waals surface area contributed by atoms with E-state index in [9.17, 15) is 45.6 Å². The summed E-state index contributed by atoms with van der Waals surface area (Å²) in [5.41, 5.74) is 0. The Labute approximate surface area is 461 Å². The van der Waals surface area contributed by atoms with E-state index in [1.165, 1.54) is 180 Å². The van der Waals surface area contributed by atoms with Crippen LogP contribution in [-0.4, -0.2) is 140 Å². The van der Waals surface area contributed by atoms with Gasteiger partial charge >= 0.3 is 0 Å². The van der Waals surface area contributed by atoms with E-state index in [1.54, 1.807) is 6.08 Å². The van der Waals surface area contributed by atoms with Gasteiger partial charge in [-0.2, -0.15) is 0 Å². The predicted molar refractivity (Wildman–Crippen MR) is 305 cm³/mol. The summed E-state index contributed by atoms with van der Waals surface area (Å²) in [5.74, 6) is -0.250. The van der Waals surface area contributed by atoms with Gasteiger partial charge in [0.1, 0.15) is 48.8 Å². The van der Waals surface area contributed by atoms with Crippen molar-refractivity contribution in [1.29, 1.82) is 0 Å². The Balaban J connectivity index is 1.71. The first kappa shape index (κ1) is 70.3. The lowest BCUT2D eigenvalue weighted by molar-refractivity contribution is -0.359. The van der Waals surface area contributed by atoms with Gasteiger partial charge in [-0.3, -0.25) is 4.79 Å². The molecule has 0 bridgehead atoms. The number of ether oxygens (including phenoxy) is 4. The van der Waals surface area contributed by atoms with Crippen LogP contribution in [0.4, 0.5) is 0 Å². The Morgan fingerprint density at radius 2 is 0.842 bits per heavy atom. The molecule has 14 heteroatoms. The number of amides is 1. The van der Waals surface area contributed by atoms with Crippen LogP contribution in [0.5, 0.6) is 0 Å². The van der Waals surface area contributed by atoms with Gasteiger partial charge in [-0.25, -0.2) is 0 Å². The van der Waals surface area contributed by atoms with Gasteiger partial charge in [0.05, 0.1) is 32.0 Å². The van der Waals surface area contributed by atoms with Gasteiger partial charge in [-0.15, -0.1) is 0 Å². The van der Waals surface area contributed by atoms with Gasteiger partial charge in [0.25, 0.3) is 0 Å². The standard InChI is InChI=1S/C62H115NO13/c1-3-5-7-9-11-13-15-17-19-20-21-22-23-24-25-26-27-28-29-30-32-34-36-38-40-42-44-46-54(67)63-50(51(66)45-43-41-39-37-35-33-31-18-16-14-12-10-8-6-4-2)49-73-61-59(72)57(70)60(53(48-65)75-61)76-62-58(71)56(69)55(68)52(47-64)74-62/h16,18,35,37,43,45,50-53,55-62,64-66,68-72H,3-15,17,19-34,36,38-42,44,46-49H2,1-2H3,(H,63,67)/b18-16+,37-35+,45-43+. The molecule has 0 radical (unpaired) electrons. The van der Waals surface area contributed by atoms with E-state index in [-0.39, 0.29) is 18.9 Å². The van der Waals surface area contributed by atoms with Crippen molar-refractivity contribution in [2.24, 2.45) is 0 Å². The summed E-state index contributed by atoms with van der Waals surface area (Å²) in [6.45, 7) is 2.78. The number of aliphatic hydroxyl groups is 8. The Morgan fingerprint density at radius 1 is 0.461 bits per heavy atom. The van der Waals surface area contributed by atoms with Crippen molar-refractivity contribution in [3.05, 3.63) is 36.5 Å². The van der Waals surface area contributed by atoms with Crippen molar-refractivity contribution in [3.63, 3.8) is 0 Å². The fourth-order valence-electron chi connectivity index (χ4n) is 10.3. The summed E-state index contributed by atoms with van der Waals surface area (Å²) in [4.78, 5) is 13.3. The summed E-state index contributed by atoms with van der Waals surface area (Å²) in [6, 6.07) is -0.935. The molecule has 12 unspecified atom stereocenters. The first-order chi connectivity index (χ1) is 37.1. The van der Waals surface area contributed by atoms with Crippen molar-refractivity contribution in [2.75, 3.05) is 19.8 Å². The number of allylic oxidation sites excluding steroid dienone is 5. The van der Waals surface area contributed by atoms with Crippen LogP contribution in [-0.2, 0) is 23.7 Å². The highest BCUT2D eigenvalue weighted by molar-refractivity contribution is 5.76. The quantitative estimate of drug-likeness (QED) is 0.0204. The molecule has 2 heterocycles. The molecule has 446 valence electrons. The summed E-state index contributed by atoms with van der Waals surface area (Å²) >= 11 is 0. The SMILES string of the molecule is CCCCCCC/C=C/CC/C=C/CC/C=C/C(O)C(COC1OC(CO)C(OC2OC(CO)C(O)C(O)C2O)C(O)C1O)NC(=O)CCCCCCCCCCCCCCCCCCCCCCCCCCCCC. The monoisotopic (exact) mass is 1080 g/mol. The van der Waals surface area contributed by atoms with Crippen molar-refractivity contribution in [3.8, 4) is 0 Å². The van der Waals surface area contributed by atoms with E-state index in [4.69, 9.17) is 18.9 Å². The number of carbonyl (C=O) groups is 1. The zero-order chi connectivity index (χ0) is 55.3. The van der Waals surface area contributed by atoms with Crippen LogP contribution in [0.25, 0.3) is 0 Å². The summed E-state index contributed by atoms with van der Waals surface area (Å²) in [5, 5.41) is 87.0. The van der Waals surface area contributed by atoms with Crippen LogP contribution < -0.4 is 5.32 Å². The second-order valence-electron chi connectivity index (χ2n) is 22.2. The zero-order valence-corrected chi connectivity index (χ0v) is 48.0. The smallest absolute Gasteiger partial charge is 0.220 e. The van der Waals surface area contributed by atoms with Gasteiger partial charge < -0.3 is 65.1 Å². The average molecular weight is 1080 g/mol. The lowest BCUT2D eigenvalue weighted by Crippen LogP contribution is -2.65. The van der Waals surface area contributed by atoms with E-state index in [2.05, 4.69) is 43.5 Å². The number of carbonyl (C=O) groups excluding carboxylic acids is 1. The van der Waals surface area contributed by atoms with E-state index in [0.29, 0.717) is 12.8 Å². The topological polar surface area (TPSA) is 228 Å². The fraction of sp³-hybridized carbons (Fsp3) is 0.887. The van der Waals surface area contributed by atoms with Crippen LogP contribution >= 0.6 is 0 Å². The molecule has 12 atom stereocenters. The number of nitrogens with one attached hydrogen (secondary N) is 1. The molecule has 14 nitrogen and oxygen atoms in total. The van der Waals surface area contributed by atoms with Crippen molar-refractivity contribution >= 4 is 5.91 Å². The Kier molecular flexibility index (Phi) is 44.4. The fourth-order valence-corrected chi connectivity index (χ4v) is 10.3. The Bertz CT molecular complexity index is 1410. The summed E-state index contributed by atoms with van der Waals surface area (Å²) < 4.78 is 22.8. The summed E-state index contributed by atoms with van der Waals surface area (Å²) in [7, 11) is 0. The van der Waals surface area contributed by atoms with Gasteiger partial charge in [0.15, 0.2) is 12.6 Å². The second kappa shape index (κ2) is 48.0. The molecule has 2 rings (SSSR count). The first-order valence-corrected chi connectivity index (χ1v) is 31.2. The van der Waals surface area contributed by atoms with E-state index in [0.717, 1.165) is 44.9 Å². The van der Waals surface area contributed by atoms with Gasteiger partial charge in [0.2, 0.25) is 5.91 Å². The van der Waals surface area contributed by atoms with Crippen LogP contribution in [0, 0.1) is 0 Å². The minimum absolute atomic E-state index is 0.250. The van der Waals surface area contributed by atoms with Crippen LogP contribution in [0.3, 0.4) is 0 Å². The van der Waals surface area contributed by atoms with E-state index in [1.807, 2.05) is 6.08 Å². The highest BCUT2D eigenvalue weighted by Crippen LogP contribution is 2.30. The van der Waals surface area contributed by atoms with Gasteiger partial charge in [-0.05, 0) is 44.9 Å². The normalized spacial score (nSPS) is 25.1. The first-order valence-electron chi connectivity index (χ1n) is 31.2. The third kappa shape index (κ3) is 33.1. The Morgan fingerprint density at radius 3 is 1.29 bits per heavy atom. The molecule has 0 aliphatic carbocycles.